The van der Waals surface area contributed by atoms with Gasteiger partial charge in [-0.05, 0) is 53.6 Å². The summed E-state index contributed by atoms with van der Waals surface area (Å²) in [5, 5.41) is 13.5. The van der Waals surface area contributed by atoms with Gasteiger partial charge >= 0.3 is 0 Å². The van der Waals surface area contributed by atoms with Gasteiger partial charge in [0.05, 0.1) is 18.2 Å². The van der Waals surface area contributed by atoms with Crippen molar-refractivity contribution < 1.29 is 19.0 Å². The van der Waals surface area contributed by atoms with Crippen LogP contribution in [0.4, 0.5) is 4.39 Å². The third-order valence-corrected chi connectivity index (χ3v) is 4.68. The van der Waals surface area contributed by atoms with E-state index in [2.05, 4.69) is 10.5 Å². The lowest BCUT2D eigenvalue weighted by atomic mass is 10.2. The van der Waals surface area contributed by atoms with Crippen molar-refractivity contribution in [2.24, 2.45) is 5.10 Å². The summed E-state index contributed by atoms with van der Waals surface area (Å²) in [6.45, 7) is 0. The second-order valence-electron chi connectivity index (χ2n) is 5.30. The molecule has 3 rings (SSSR count). The average molecular weight is 370 g/mol. The van der Waals surface area contributed by atoms with Crippen molar-refractivity contribution >= 4 is 23.5 Å². The molecule has 7 heteroatoms. The van der Waals surface area contributed by atoms with Crippen LogP contribution >= 0.6 is 11.3 Å². The lowest BCUT2D eigenvalue weighted by molar-refractivity contribution is 0.0959. The van der Waals surface area contributed by atoms with Gasteiger partial charge in [0, 0.05) is 4.88 Å². The van der Waals surface area contributed by atoms with Crippen molar-refractivity contribution in [3.05, 3.63) is 70.9 Å². The van der Waals surface area contributed by atoms with E-state index >= 15 is 0 Å². The number of thiophene rings is 1. The number of nitrogens with one attached hydrogen (secondary N) is 1. The SMILES string of the molecule is COc1cc(/C=N/NC(=O)c2ccc(-c3ccc(F)cc3)s2)ccc1O. The molecule has 0 unspecified atom stereocenters. The Morgan fingerprint density at radius 1 is 1.19 bits per heavy atom. The standard InChI is InChI=1S/C19H15FN2O3S/c1-25-16-10-12(2-7-15(16)23)11-21-22-19(24)18-9-8-17(26-18)13-3-5-14(20)6-4-13/h2-11,23H,1H3,(H,22,24)/b21-11+. The summed E-state index contributed by atoms with van der Waals surface area (Å²) in [5.74, 6) is -0.295. The summed E-state index contributed by atoms with van der Waals surface area (Å²) >= 11 is 1.29. The van der Waals surface area contributed by atoms with Crippen molar-refractivity contribution in [2.75, 3.05) is 7.11 Å². The summed E-state index contributed by atoms with van der Waals surface area (Å²) in [7, 11) is 1.45. The normalized spacial score (nSPS) is 10.8. The molecule has 132 valence electrons. The average Bonchev–Trinajstić information content (AvgIpc) is 3.14. The van der Waals surface area contributed by atoms with E-state index in [-0.39, 0.29) is 17.5 Å². The molecule has 1 amide bonds. The second kappa shape index (κ2) is 7.79. The quantitative estimate of drug-likeness (QED) is 0.526. The molecule has 0 spiro atoms. The molecule has 0 atom stereocenters. The Morgan fingerprint density at radius 3 is 2.69 bits per heavy atom. The number of rotatable bonds is 5. The van der Waals surface area contributed by atoms with Gasteiger partial charge in [-0.25, -0.2) is 9.82 Å². The number of halogens is 1. The van der Waals surface area contributed by atoms with Gasteiger partial charge in [-0.15, -0.1) is 11.3 Å². The first-order chi connectivity index (χ1) is 12.6. The van der Waals surface area contributed by atoms with Crippen LogP contribution in [0.1, 0.15) is 15.2 Å². The number of nitrogens with zero attached hydrogens (tertiary/aromatic N) is 1. The Kier molecular flexibility index (Phi) is 5.28. The van der Waals surface area contributed by atoms with E-state index in [4.69, 9.17) is 4.74 Å². The van der Waals surface area contributed by atoms with E-state index in [0.717, 1.165) is 10.4 Å². The van der Waals surface area contributed by atoms with Crippen molar-refractivity contribution in [1.82, 2.24) is 5.43 Å². The molecule has 0 fully saturated rings. The summed E-state index contributed by atoms with van der Waals surface area (Å²) in [4.78, 5) is 13.5. The van der Waals surface area contributed by atoms with E-state index in [1.54, 1.807) is 36.4 Å². The highest BCUT2D eigenvalue weighted by Gasteiger charge is 2.10. The highest BCUT2D eigenvalue weighted by molar-refractivity contribution is 7.17. The predicted molar refractivity (Wildman–Crippen MR) is 99.4 cm³/mol. The minimum Gasteiger partial charge on any atom is -0.504 e. The minimum atomic E-state index is -0.342. The van der Waals surface area contributed by atoms with E-state index in [1.165, 1.54) is 42.9 Å². The zero-order valence-electron chi connectivity index (χ0n) is 13.8. The van der Waals surface area contributed by atoms with Crippen LogP contribution in [0.3, 0.4) is 0 Å². The number of carbonyl (C=O) groups excluding carboxylic acids is 1. The number of phenols is 1. The summed E-state index contributed by atoms with van der Waals surface area (Å²) in [6, 6.07) is 14.3. The van der Waals surface area contributed by atoms with E-state index in [0.29, 0.717) is 16.2 Å². The third kappa shape index (κ3) is 4.07. The van der Waals surface area contributed by atoms with E-state index < -0.39 is 0 Å². The maximum Gasteiger partial charge on any atom is 0.281 e. The van der Waals surface area contributed by atoms with Crippen LogP contribution in [0.5, 0.6) is 11.5 Å². The van der Waals surface area contributed by atoms with Gasteiger partial charge in [0.25, 0.3) is 5.91 Å². The molecule has 3 aromatic rings. The first-order valence-corrected chi connectivity index (χ1v) is 8.44. The van der Waals surface area contributed by atoms with E-state index in [1.807, 2.05) is 0 Å². The Hall–Kier alpha value is -3.19. The van der Waals surface area contributed by atoms with Crippen LogP contribution in [0, 0.1) is 5.82 Å². The molecule has 0 radical (unpaired) electrons. The molecule has 1 aromatic heterocycles. The van der Waals surface area contributed by atoms with Crippen molar-refractivity contribution in [3.8, 4) is 21.9 Å². The van der Waals surface area contributed by atoms with Gasteiger partial charge in [0.15, 0.2) is 11.5 Å². The maximum atomic E-state index is 13.0. The van der Waals surface area contributed by atoms with Gasteiger partial charge in [0.2, 0.25) is 0 Å². The van der Waals surface area contributed by atoms with E-state index in [9.17, 15) is 14.3 Å². The fourth-order valence-corrected chi connectivity index (χ4v) is 3.13. The zero-order valence-corrected chi connectivity index (χ0v) is 14.6. The molecular formula is C19H15FN2O3S. The number of amides is 1. The monoisotopic (exact) mass is 370 g/mol. The first kappa shape index (κ1) is 17.6. The topological polar surface area (TPSA) is 70.9 Å². The van der Waals surface area contributed by atoms with Gasteiger partial charge < -0.3 is 9.84 Å². The lowest BCUT2D eigenvalue weighted by Crippen LogP contribution is -2.16. The Morgan fingerprint density at radius 2 is 1.96 bits per heavy atom. The molecule has 26 heavy (non-hydrogen) atoms. The van der Waals surface area contributed by atoms with Crippen molar-refractivity contribution in [1.29, 1.82) is 0 Å². The number of methoxy groups -OCH3 is 1. The number of hydrazone groups is 1. The summed E-state index contributed by atoms with van der Waals surface area (Å²) in [6.07, 6.45) is 1.45. The molecule has 2 aromatic carbocycles. The molecule has 0 saturated carbocycles. The van der Waals surface area contributed by atoms with Gasteiger partial charge in [-0.3, -0.25) is 4.79 Å². The van der Waals surface area contributed by atoms with Crippen LogP contribution < -0.4 is 10.2 Å². The number of phenolic OH excluding ortho intramolecular Hbond substituents is 1. The van der Waals surface area contributed by atoms with Crippen molar-refractivity contribution in [3.63, 3.8) is 0 Å². The molecule has 0 saturated heterocycles. The van der Waals surface area contributed by atoms with Crippen molar-refractivity contribution in [2.45, 2.75) is 0 Å². The molecule has 1 heterocycles. The number of carbonyl (C=O) groups is 1. The fourth-order valence-electron chi connectivity index (χ4n) is 2.22. The molecule has 5 nitrogen and oxygen atoms in total. The fraction of sp³-hybridized carbons (Fsp3) is 0.0526. The van der Waals surface area contributed by atoms with Crippen LogP contribution in [0.15, 0.2) is 59.7 Å². The lowest BCUT2D eigenvalue weighted by Gasteiger charge is -2.03. The minimum absolute atomic E-state index is 0.0283. The molecular weight excluding hydrogens is 355 g/mol. The van der Waals surface area contributed by atoms with Crippen LogP contribution in [-0.4, -0.2) is 24.3 Å². The molecule has 0 aliphatic carbocycles. The smallest absolute Gasteiger partial charge is 0.281 e. The van der Waals surface area contributed by atoms with Gasteiger partial charge in [0.1, 0.15) is 5.82 Å². The number of benzene rings is 2. The van der Waals surface area contributed by atoms with Crippen LogP contribution in [-0.2, 0) is 0 Å². The highest BCUT2D eigenvalue weighted by Crippen LogP contribution is 2.28. The molecule has 0 aliphatic rings. The first-order valence-electron chi connectivity index (χ1n) is 7.63. The summed E-state index contributed by atoms with van der Waals surface area (Å²) < 4.78 is 18.0. The molecule has 2 N–H and O–H groups in total. The Labute approximate surface area is 153 Å². The largest absolute Gasteiger partial charge is 0.504 e. The summed E-state index contributed by atoms with van der Waals surface area (Å²) in [5.41, 5.74) is 3.96. The van der Waals surface area contributed by atoms with Crippen LogP contribution in [0.2, 0.25) is 0 Å². The second-order valence-corrected chi connectivity index (χ2v) is 6.38. The maximum absolute atomic E-state index is 13.0. The number of hydrogen-bond acceptors (Lipinski definition) is 5. The third-order valence-electron chi connectivity index (χ3n) is 3.54. The molecule has 0 aliphatic heterocycles. The van der Waals surface area contributed by atoms with Gasteiger partial charge in [-0.2, -0.15) is 5.10 Å². The Balaban J connectivity index is 1.66. The zero-order chi connectivity index (χ0) is 18.5. The number of ether oxygens (including phenoxy) is 1. The van der Waals surface area contributed by atoms with Crippen LogP contribution in [0.25, 0.3) is 10.4 Å². The number of aromatic hydroxyl groups is 1. The Bertz CT molecular complexity index is 952. The van der Waals surface area contributed by atoms with Gasteiger partial charge in [-0.1, -0.05) is 12.1 Å². The predicted octanol–water partition coefficient (Wildman–Crippen LogP) is 4.03. The highest BCUT2D eigenvalue weighted by atomic mass is 32.1. The number of hydrogen-bond donors (Lipinski definition) is 2. The molecule has 0 bridgehead atoms.